The first kappa shape index (κ1) is 22.1. The van der Waals surface area contributed by atoms with E-state index in [9.17, 15) is 13.2 Å². The summed E-state index contributed by atoms with van der Waals surface area (Å²) in [6.07, 6.45) is 2.28. The van der Waals surface area contributed by atoms with E-state index in [1.54, 1.807) is 0 Å². The van der Waals surface area contributed by atoms with Crippen LogP contribution in [0.3, 0.4) is 0 Å². The highest BCUT2D eigenvalue weighted by molar-refractivity contribution is 7.89. The number of Topliss-reactive ketones (excluding diaryl/α,β-unsaturated/α-hetero) is 1. The van der Waals surface area contributed by atoms with Crippen LogP contribution in [0.2, 0.25) is 10.0 Å². The third-order valence-electron chi connectivity index (χ3n) is 6.99. The number of ketones is 1. The van der Waals surface area contributed by atoms with Crippen molar-refractivity contribution in [1.29, 1.82) is 0 Å². The molecule has 7 nitrogen and oxygen atoms in total. The Kier molecular flexibility index (Phi) is 5.09. The molecule has 1 aliphatic carbocycles. The SMILES string of the molecule is CC1(C)CC(=O)C2=C(C1)NC1=C(CN=N1)C21CCN(S(=O)(=O)c2ccc(Cl)c(Cl)c2)CC1. The standard InChI is InChI=1S/C22H24Cl2N4O3S/c1-21(2)10-17-19(18(29)11-21)22(14-12-25-27-20(14)26-17)5-7-28(8-6-22)32(30,31)13-3-4-15(23)16(24)9-13/h3-4,9,26H,5-8,10-12H2,1-2H3. The minimum atomic E-state index is -3.73. The first-order valence-electron chi connectivity index (χ1n) is 10.6. The van der Waals surface area contributed by atoms with Gasteiger partial charge in [0.1, 0.15) is 0 Å². The van der Waals surface area contributed by atoms with Crippen molar-refractivity contribution in [3.8, 4) is 0 Å². The molecule has 0 radical (unpaired) electrons. The van der Waals surface area contributed by atoms with Crippen molar-refractivity contribution in [2.45, 2.75) is 44.4 Å². The Labute approximate surface area is 197 Å². The van der Waals surface area contributed by atoms with E-state index in [2.05, 4.69) is 29.4 Å². The maximum atomic E-state index is 13.3. The van der Waals surface area contributed by atoms with Gasteiger partial charge in [0, 0.05) is 41.8 Å². The van der Waals surface area contributed by atoms with Gasteiger partial charge in [-0.15, -0.1) is 5.11 Å². The third kappa shape index (κ3) is 3.34. The molecule has 0 unspecified atom stereocenters. The zero-order chi connectivity index (χ0) is 22.9. The summed E-state index contributed by atoms with van der Waals surface area (Å²) in [5, 5.41) is 12.4. The summed E-state index contributed by atoms with van der Waals surface area (Å²) in [6.45, 7) is 5.22. The molecule has 1 aromatic rings. The van der Waals surface area contributed by atoms with Crippen LogP contribution in [0.5, 0.6) is 0 Å². The molecule has 0 atom stereocenters. The Morgan fingerprint density at radius 2 is 1.81 bits per heavy atom. The predicted molar refractivity (Wildman–Crippen MR) is 122 cm³/mol. The number of nitrogens with zero attached hydrogens (tertiary/aromatic N) is 3. The Morgan fingerprint density at radius 1 is 1.09 bits per heavy atom. The smallest absolute Gasteiger partial charge is 0.243 e. The predicted octanol–water partition coefficient (Wildman–Crippen LogP) is 4.69. The molecule has 1 saturated heterocycles. The summed E-state index contributed by atoms with van der Waals surface area (Å²) in [7, 11) is -3.73. The summed E-state index contributed by atoms with van der Waals surface area (Å²) >= 11 is 12.0. The lowest BCUT2D eigenvalue weighted by molar-refractivity contribution is -0.119. The molecule has 3 aliphatic heterocycles. The normalized spacial score (nSPS) is 24.6. The summed E-state index contributed by atoms with van der Waals surface area (Å²) < 4.78 is 28.0. The number of rotatable bonds is 2. The lowest BCUT2D eigenvalue weighted by atomic mass is 9.60. The molecule has 4 aliphatic rings. The van der Waals surface area contributed by atoms with Crippen LogP contribution in [0.15, 0.2) is 56.0 Å². The number of nitrogens with one attached hydrogen (secondary N) is 1. The number of fused-ring (bicyclic) bond motifs is 2. The van der Waals surface area contributed by atoms with Crippen molar-refractivity contribution < 1.29 is 13.2 Å². The molecule has 3 heterocycles. The average molecular weight is 495 g/mol. The Bertz CT molecular complexity index is 1230. The highest BCUT2D eigenvalue weighted by Gasteiger charge is 2.53. The Hall–Kier alpha value is -1.74. The number of piperidine rings is 1. The average Bonchev–Trinajstić information content (AvgIpc) is 3.18. The number of carbonyl (C=O) groups is 1. The van der Waals surface area contributed by atoms with Crippen molar-refractivity contribution in [1.82, 2.24) is 9.62 Å². The largest absolute Gasteiger partial charge is 0.342 e. The molecule has 1 fully saturated rings. The van der Waals surface area contributed by atoms with Gasteiger partial charge in [-0.05, 0) is 42.9 Å². The number of dihydropyridines is 1. The summed E-state index contributed by atoms with van der Waals surface area (Å²) in [6, 6.07) is 4.35. The van der Waals surface area contributed by atoms with Crippen LogP contribution in [0.25, 0.3) is 0 Å². The molecular formula is C22H24Cl2N4O3S. The van der Waals surface area contributed by atoms with E-state index in [-0.39, 0.29) is 21.1 Å². The quantitative estimate of drug-likeness (QED) is 0.645. The Morgan fingerprint density at radius 3 is 2.50 bits per heavy atom. The number of hydrogen-bond donors (Lipinski definition) is 1. The lowest BCUT2D eigenvalue weighted by Gasteiger charge is -2.48. The summed E-state index contributed by atoms with van der Waals surface area (Å²) in [4.78, 5) is 13.5. The van der Waals surface area contributed by atoms with Crippen LogP contribution in [-0.2, 0) is 14.8 Å². The van der Waals surface area contributed by atoms with Crippen LogP contribution in [-0.4, -0.2) is 38.1 Å². The van der Waals surface area contributed by atoms with Gasteiger partial charge < -0.3 is 5.32 Å². The second kappa shape index (κ2) is 7.38. The van der Waals surface area contributed by atoms with Crippen LogP contribution in [0.1, 0.15) is 39.5 Å². The van der Waals surface area contributed by atoms with E-state index in [4.69, 9.17) is 23.2 Å². The van der Waals surface area contributed by atoms with Crippen LogP contribution in [0, 0.1) is 10.8 Å². The van der Waals surface area contributed by atoms with Gasteiger partial charge in [0.2, 0.25) is 10.0 Å². The van der Waals surface area contributed by atoms with E-state index in [0.717, 1.165) is 29.1 Å². The van der Waals surface area contributed by atoms with Crippen molar-refractivity contribution >= 4 is 39.0 Å². The molecule has 1 N–H and O–H groups in total. The molecule has 5 rings (SSSR count). The number of benzene rings is 1. The van der Waals surface area contributed by atoms with Gasteiger partial charge in [-0.1, -0.05) is 37.0 Å². The number of halogens is 2. The molecule has 170 valence electrons. The zero-order valence-corrected chi connectivity index (χ0v) is 20.2. The fourth-order valence-electron chi connectivity index (χ4n) is 5.51. The Balaban J connectivity index is 1.49. The molecule has 1 spiro atoms. The van der Waals surface area contributed by atoms with Gasteiger partial charge in [0.25, 0.3) is 0 Å². The van der Waals surface area contributed by atoms with Gasteiger partial charge in [0.05, 0.1) is 21.5 Å². The van der Waals surface area contributed by atoms with Gasteiger partial charge in [-0.2, -0.15) is 9.42 Å². The number of carbonyl (C=O) groups excluding carboxylic acids is 1. The maximum Gasteiger partial charge on any atom is 0.243 e. The second-order valence-electron chi connectivity index (χ2n) is 9.71. The van der Waals surface area contributed by atoms with E-state index >= 15 is 0 Å². The minimum Gasteiger partial charge on any atom is -0.342 e. The minimum absolute atomic E-state index is 0.120. The van der Waals surface area contributed by atoms with Crippen LogP contribution < -0.4 is 5.32 Å². The maximum absolute atomic E-state index is 13.3. The van der Waals surface area contributed by atoms with Crippen molar-refractivity contribution in [3.05, 3.63) is 50.9 Å². The fourth-order valence-corrected chi connectivity index (χ4v) is 7.34. The molecule has 0 amide bonds. The highest BCUT2D eigenvalue weighted by Crippen LogP contribution is 2.55. The number of sulfonamides is 1. The fraction of sp³-hybridized carbons (Fsp3) is 0.500. The summed E-state index contributed by atoms with van der Waals surface area (Å²) in [5.74, 6) is 0.873. The van der Waals surface area contributed by atoms with E-state index in [1.807, 2.05) is 0 Å². The van der Waals surface area contributed by atoms with Crippen molar-refractivity contribution in [2.24, 2.45) is 21.1 Å². The summed E-state index contributed by atoms with van der Waals surface area (Å²) in [5.41, 5.74) is 2.10. The molecule has 0 aromatic heterocycles. The molecule has 0 bridgehead atoms. The topological polar surface area (TPSA) is 91.2 Å². The highest BCUT2D eigenvalue weighted by atomic mass is 35.5. The first-order chi connectivity index (χ1) is 15.0. The van der Waals surface area contributed by atoms with E-state index in [1.165, 1.54) is 22.5 Å². The van der Waals surface area contributed by atoms with Crippen molar-refractivity contribution in [2.75, 3.05) is 19.6 Å². The molecule has 1 aromatic carbocycles. The van der Waals surface area contributed by atoms with Crippen LogP contribution >= 0.6 is 23.2 Å². The molecule has 32 heavy (non-hydrogen) atoms. The van der Waals surface area contributed by atoms with Crippen molar-refractivity contribution in [3.63, 3.8) is 0 Å². The van der Waals surface area contributed by atoms with Crippen LogP contribution in [0.4, 0.5) is 0 Å². The van der Waals surface area contributed by atoms with E-state index < -0.39 is 15.4 Å². The molecule has 0 saturated carbocycles. The number of azo groups is 1. The van der Waals surface area contributed by atoms with E-state index in [0.29, 0.717) is 43.9 Å². The van der Waals surface area contributed by atoms with Gasteiger partial charge in [-0.3, -0.25) is 4.79 Å². The van der Waals surface area contributed by atoms with Gasteiger partial charge in [0.15, 0.2) is 11.6 Å². The lowest BCUT2D eigenvalue weighted by Crippen LogP contribution is -2.50. The molecule has 10 heteroatoms. The van der Waals surface area contributed by atoms with Gasteiger partial charge >= 0.3 is 0 Å². The number of hydrogen-bond acceptors (Lipinski definition) is 6. The second-order valence-corrected chi connectivity index (χ2v) is 12.5. The molecular weight excluding hydrogens is 471 g/mol. The zero-order valence-electron chi connectivity index (χ0n) is 17.9. The number of allylic oxidation sites excluding steroid dienone is 2. The van der Waals surface area contributed by atoms with Gasteiger partial charge in [-0.25, -0.2) is 8.42 Å². The first-order valence-corrected chi connectivity index (χ1v) is 12.8. The third-order valence-corrected chi connectivity index (χ3v) is 9.62. The monoisotopic (exact) mass is 494 g/mol.